The van der Waals surface area contributed by atoms with Crippen molar-refractivity contribution in [2.45, 2.75) is 52.1 Å². The molecule has 2 aromatic carbocycles. The van der Waals surface area contributed by atoms with E-state index in [1.54, 1.807) is 6.08 Å². The second-order valence-corrected chi connectivity index (χ2v) is 8.72. The van der Waals surface area contributed by atoms with Crippen LogP contribution < -0.4 is 5.32 Å². The molecule has 1 fully saturated rings. The summed E-state index contributed by atoms with van der Waals surface area (Å²) in [5.74, 6) is -0.433. The third-order valence-electron chi connectivity index (χ3n) is 5.82. The van der Waals surface area contributed by atoms with Crippen LogP contribution in [0, 0.1) is 5.82 Å². The van der Waals surface area contributed by atoms with Gasteiger partial charge >= 0.3 is 13.2 Å². The number of carbonyl (C=O) groups excluding carboxylic acids is 1. The molecule has 0 aliphatic carbocycles. The Hall–Kier alpha value is -2.68. The first-order chi connectivity index (χ1) is 15.1. The van der Waals surface area contributed by atoms with E-state index in [-0.39, 0.29) is 19.8 Å². The fourth-order valence-electron chi connectivity index (χ4n) is 3.19. The summed E-state index contributed by atoms with van der Waals surface area (Å²) < 4.78 is 31.4. The Morgan fingerprint density at radius 3 is 2.41 bits per heavy atom. The number of hydrogen-bond donors (Lipinski definition) is 2. The van der Waals surface area contributed by atoms with Crippen molar-refractivity contribution in [3.8, 4) is 0 Å². The molecule has 8 heteroatoms. The topological polar surface area (TPSA) is 77.0 Å². The number of hydrogen-bond acceptors (Lipinski definition) is 5. The van der Waals surface area contributed by atoms with E-state index in [0.29, 0.717) is 16.6 Å². The Morgan fingerprint density at radius 1 is 1.12 bits per heavy atom. The van der Waals surface area contributed by atoms with Crippen molar-refractivity contribution in [1.29, 1.82) is 0 Å². The van der Waals surface area contributed by atoms with Crippen LogP contribution in [0.1, 0.15) is 44.4 Å². The van der Waals surface area contributed by atoms with E-state index in [1.165, 1.54) is 18.2 Å². The molecule has 3 rings (SSSR count). The van der Waals surface area contributed by atoms with E-state index < -0.39 is 30.2 Å². The maximum atomic E-state index is 13.9. The lowest BCUT2D eigenvalue weighted by Gasteiger charge is -2.32. The normalized spacial score (nSPS) is 17.3. The predicted octanol–water partition coefficient (Wildman–Crippen LogP) is 4.26. The molecule has 1 aliphatic heterocycles. The standard InChI is InChI=1S/C24H29BFNO5/c1-23(2)24(3,4)32-25(31-23)20(12-19-13-21(26)11-10-18(19)15-28)14-27-22(29)30-16-17-8-6-5-7-9-17/h5-13,28H,14-16H2,1-4H3,(H,27,29). The van der Waals surface area contributed by atoms with Gasteiger partial charge in [-0.1, -0.05) is 42.5 Å². The number of nitrogens with one attached hydrogen (secondary N) is 1. The van der Waals surface area contributed by atoms with Gasteiger partial charge in [0.2, 0.25) is 0 Å². The minimum absolute atomic E-state index is 0.0613. The van der Waals surface area contributed by atoms with Gasteiger partial charge in [-0.3, -0.25) is 0 Å². The second-order valence-electron chi connectivity index (χ2n) is 8.72. The summed E-state index contributed by atoms with van der Waals surface area (Å²) in [6.45, 7) is 7.64. The number of rotatable bonds is 7. The second kappa shape index (κ2) is 9.86. The SMILES string of the molecule is CC1(C)OB(C(=Cc2cc(F)ccc2CO)CNC(=O)OCc2ccccc2)OC1(C)C. The molecule has 2 aromatic rings. The molecule has 1 aliphatic rings. The zero-order chi connectivity index (χ0) is 23.4. The molecular formula is C24H29BFNO5. The van der Waals surface area contributed by atoms with Gasteiger partial charge in [0.1, 0.15) is 12.4 Å². The van der Waals surface area contributed by atoms with Crippen LogP contribution in [-0.2, 0) is 27.3 Å². The first kappa shape index (κ1) is 24.0. The van der Waals surface area contributed by atoms with E-state index >= 15 is 0 Å². The first-order valence-electron chi connectivity index (χ1n) is 10.5. The minimum atomic E-state index is -0.760. The van der Waals surface area contributed by atoms with Gasteiger partial charge in [0.05, 0.1) is 17.8 Å². The van der Waals surface area contributed by atoms with Crippen LogP contribution >= 0.6 is 0 Å². The highest BCUT2D eigenvalue weighted by Crippen LogP contribution is 2.38. The van der Waals surface area contributed by atoms with E-state index in [4.69, 9.17) is 14.0 Å². The monoisotopic (exact) mass is 441 g/mol. The molecule has 2 N–H and O–H groups in total. The van der Waals surface area contributed by atoms with Gasteiger partial charge in [0, 0.05) is 6.54 Å². The van der Waals surface area contributed by atoms with Crippen LogP contribution in [0.15, 0.2) is 54.0 Å². The van der Waals surface area contributed by atoms with Crippen molar-refractivity contribution in [2.75, 3.05) is 6.54 Å². The number of ether oxygens (including phenoxy) is 1. The van der Waals surface area contributed by atoms with E-state index in [0.717, 1.165) is 5.56 Å². The average Bonchev–Trinajstić information content (AvgIpc) is 2.97. The highest BCUT2D eigenvalue weighted by atomic mass is 19.1. The van der Waals surface area contributed by atoms with Gasteiger partial charge in [0.15, 0.2) is 0 Å². The molecule has 0 radical (unpaired) electrons. The van der Waals surface area contributed by atoms with Gasteiger partial charge in [-0.15, -0.1) is 0 Å². The molecule has 170 valence electrons. The number of amides is 1. The summed E-state index contributed by atoms with van der Waals surface area (Å²) in [5, 5.41) is 12.4. The van der Waals surface area contributed by atoms with Crippen molar-refractivity contribution in [3.05, 3.63) is 76.5 Å². The maximum Gasteiger partial charge on any atom is 0.492 e. The van der Waals surface area contributed by atoms with Gasteiger partial charge in [-0.05, 0) is 62.0 Å². The number of aliphatic hydroxyl groups is 1. The van der Waals surface area contributed by atoms with Crippen LogP contribution in [0.2, 0.25) is 0 Å². The molecule has 0 unspecified atom stereocenters. The van der Waals surface area contributed by atoms with Gasteiger partial charge in [-0.2, -0.15) is 0 Å². The summed E-state index contributed by atoms with van der Waals surface area (Å²) in [4.78, 5) is 12.3. The van der Waals surface area contributed by atoms with Crippen LogP contribution in [0.5, 0.6) is 0 Å². The quantitative estimate of drug-likeness (QED) is 0.628. The summed E-state index contributed by atoms with van der Waals surface area (Å²) in [7, 11) is -0.760. The van der Waals surface area contributed by atoms with E-state index in [2.05, 4.69) is 5.32 Å². The lowest BCUT2D eigenvalue weighted by atomic mass is 9.76. The molecule has 1 saturated heterocycles. The number of carbonyl (C=O) groups is 1. The molecule has 0 aromatic heterocycles. The minimum Gasteiger partial charge on any atom is -0.445 e. The summed E-state index contributed by atoms with van der Waals surface area (Å²) in [5.41, 5.74) is 1.29. The molecule has 0 saturated carbocycles. The number of halogens is 1. The smallest absolute Gasteiger partial charge is 0.445 e. The predicted molar refractivity (Wildman–Crippen MR) is 121 cm³/mol. The molecule has 0 spiro atoms. The summed E-state index contributed by atoms with van der Waals surface area (Å²) >= 11 is 0. The third kappa shape index (κ3) is 5.76. The van der Waals surface area contributed by atoms with Crippen molar-refractivity contribution < 1.29 is 28.3 Å². The zero-order valence-corrected chi connectivity index (χ0v) is 18.9. The molecule has 32 heavy (non-hydrogen) atoms. The van der Waals surface area contributed by atoms with Gasteiger partial charge < -0.3 is 24.5 Å². The van der Waals surface area contributed by atoms with Crippen molar-refractivity contribution in [1.82, 2.24) is 5.32 Å². The fourth-order valence-corrected chi connectivity index (χ4v) is 3.19. The number of aliphatic hydroxyl groups excluding tert-OH is 1. The Labute approximate surface area is 188 Å². The zero-order valence-electron chi connectivity index (χ0n) is 18.9. The molecule has 6 nitrogen and oxygen atoms in total. The van der Waals surface area contributed by atoms with Crippen LogP contribution in [0.4, 0.5) is 9.18 Å². The molecular weight excluding hydrogens is 412 g/mol. The van der Waals surface area contributed by atoms with E-state index in [9.17, 15) is 14.3 Å². The van der Waals surface area contributed by atoms with Gasteiger partial charge in [0.25, 0.3) is 0 Å². The summed E-state index contributed by atoms with van der Waals surface area (Å²) in [6, 6.07) is 13.5. The average molecular weight is 441 g/mol. The fraction of sp³-hybridized carbons (Fsp3) is 0.375. The van der Waals surface area contributed by atoms with Crippen LogP contribution in [0.3, 0.4) is 0 Å². The van der Waals surface area contributed by atoms with Crippen LogP contribution in [-0.4, -0.2) is 36.1 Å². The first-order valence-corrected chi connectivity index (χ1v) is 10.5. The van der Waals surface area contributed by atoms with Crippen molar-refractivity contribution >= 4 is 19.3 Å². The van der Waals surface area contributed by atoms with Gasteiger partial charge in [-0.25, -0.2) is 9.18 Å². The molecule has 0 bridgehead atoms. The summed E-state index contributed by atoms with van der Waals surface area (Å²) in [6.07, 6.45) is 1.08. The number of benzene rings is 2. The highest BCUT2D eigenvalue weighted by molar-refractivity contribution is 6.56. The van der Waals surface area contributed by atoms with E-state index in [1.807, 2.05) is 58.0 Å². The molecule has 1 amide bonds. The molecule has 1 heterocycles. The van der Waals surface area contributed by atoms with Crippen molar-refractivity contribution in [2.24, 2.45) is 0 Å². The Kier molecular flexibility index (Phi) is 7.38. The molecule has 0 atom stereocenters. The third-order valence-corrected chi connectivity index (χ3v) is 5.82. The Morgan fingerprint density at radius 2 is 1.78 bits per heavy atom. The lowest BCUT2D eigenvalue weighted by molar-refractivity contribution is 0.00578. The van der Waals surface area contributed by atoms with Crippen LogP contribution in [0.25, 0.3) is 6.08 Å². The Balaban J connectivity index is 1.78. The maximum absolute atomic E-state index is 13.9. The largest absolute Gasteiger partial charge is 0.492 e. The number of alkyl carbamates (subject to hydrolysis) is 1. The Bertz CT molecular complexity index is 962. The van der Waals surface area contributed by atoms with Crippen molar-refractivity contribution in [3.63, 3.8) is 0 Å². The lowest BCUT2D eigenvalue weighted by Crippen LogP contribution is -2.41. The highest BCUT2D eigenvalue weighted by Gasteiger charge is 2.52.